The average Bonchev–Trinajstić information content (AvgIpc) is 2.66. The summed E-state index contributed by atoms with van der Waals surface area (Å²) in [6, 6.07) is 4.57. The van der Waals surface area contributed by atoms with E-state index in [4.69, 9.17) is 4.74 Å². The van der Waals surface area contributed by atoms with Crippen LogP contribution in [0.15, 0.2) is 18.2 Å². The number of hydrogen-bond donors (Lipinski definition) is 1. The summed E-state index contributed by atoms with van der Waals surface area (Å²) in [5.41, 5.74) is 0.220. The normalized spacial score (nSPS) is 15.2. The fourth-order valence-electron chi connectivity index (χ4n) is 3.08. The van der Waals surface area contributed by atoms with Gasteiger partial charge in [0.05, 0.1) is 5.69 Å². The fraction of sp³-hybridized carbons (Fsp3) is 0.619. The van der Waals surface area contributed by atoms with Gasteiger partial charge in [0.1, 0.15) is 11.4 Å². The first-order valence-corrected chi connectivity index (χ1v) is 10.1. The predicted molar refractivity (Wildman–Crippen MR) is 112 cm³/mol. The summed E-state index contributed by atoms with van der Waals surface area (Å²) in [4.78, 5) is 30.0. The molecular weight excluding hydrogens is 375 g/mol. The van der Waals surface area contributed by atoms with Crippen molar-refractivity contribution < 1.29 is 18.7 Å². The van der Waals surface area contributed by atoms with Crippen molar-refractivity contribution >= 4 is 17.7 Å². The molecule has 1 aromatic carbocycles. The molecule has 0 saturated carbocycles. The van der Waals surface area contributed by atoms with Gasteiger partial charge < -0.3 is 24.8 Å². The average molecular weight is 409 g/mol. The van der Waals surface area contributed by atoms with Crippen LogP contribution in [0, 0.1) is 5.82 Å². The van der Waals surface area contributed by atoms with E-state index in [1.807, 2.05) is 4.90 Å². The number of rotatable bonds is 6. The van der Waals surface area contributed by atoms with Crippen molar-refractivity contribution in [3.8, 4) is 0 Å². The third-order valence-electron chi connectivity index (χ3n) is 4.81. The molecule has 0 unspecified atom stereocenters. The Kier molecular flexibility index (Phi) is 7.84. The maximum atomic E-state index is 14.6. The molecule has 1 saturated heterocycles. The van der Waals surface area contributed by atoms with Crippen molar-refractivity contribution in [3.63, 3.8) is 0 Å². The molecule has 2 amide bonds. The molecule has 1 aliphatic rings. The third-order valence-corrected chi connectivity index (χ3v) is 4.81. The highest BCUT2D eigenvalue weighted by Crippen LogP contribution is 2.22. The molecule has 2 rings (SSSR count). The Labute approximate surface area is 172 Å². The van der Waals surface area contributed by atoms with Crippen molar-refractivity contribution in [1.29, 1.82) is 0 Å². The molecule has 1 aliphatic heterocycles. The van der Waals surface area contributed by atoms with Gasteiger partial charge in [-0.25, -0.2) is 9.18 Å². The third kappa shape index (κ3) is 6.88. The van der Waals surface area contributed by atoms with E-state index in [1.54, 1.807) is 40.0 Å². The van der Waals surface area contributed by atoms with Crippen LogP contribution in [0.25, 0.3) is 0 Å². The van der Waals surface area contributed by atoms with Crippen molar-refractivity contribution in [2.24, 2.45) is 0 Å². The van der Waals surface area contributed by atoms with E-state index in [2.05, 4.69) is 17.1 Å². The highest BCUT2D eigenvalue weighted by molar-refractivity contribution is 5.94. The number of nitrogens with one attached hydrogen (secondary N) is 1. The summed E-state index contributed by atoms with van der Waals surface area (Å²) in [5.74, 6) is -0.766. The zero-order valence-electron chi connectivity index (χ0n) is 18.1. The van der Waals surface area contributed by atoms with Crippen LogP contribution >= 0.6 is 0 Å². The van der Waals surface area contributed by atoms with Crippen molar-refractivity contribution in [2.45, 2.75) is 33.3 Å². The Hall–Kier alpha value is -2.35. The molecule has 1 heterocycles. The van der Waals surface area contributed by atoms with Gasteiger partial charge >= 0.3 is 6.09 Å². The number of carbonyl (C=O) groups excluding carboxylic acids is 2. The first-order valence-electron chi connectivity index (χ1n) is 10.1. The number of anilines is 1. The molecular formula is C21H33FN4O3. The molecule has 0 radical (unpaired) electrons. The summed E-state index contributed by atoms with van der Waals surface area (Å²) < 4.78 is 19.8. The number of likely N-dealkylation sites (N-methyl/N-ethyl adjacent to an activating group) is 2. The lowest BCUT2D eigenvalue weighted by Crippen LogP contribution is -2.46. The predicted octanol–water partition coefficient (Wildman–Crippen LogP) is 2.56. The molecule has 0 aliphatic carbocycles. The second kappa shape index (κ2) is 9.91. The van der Waals surface area contributed by atoms with E-state index in [0.717, 1.165) is 32.7 Å². The van der Waals surface area contributed by atoms with E-state index in [9.17, 15) is 14.0 Å². The van der Waals surface area contributed by atoms with Crippen LogP contribution in [0.4, 0.5) is 14.9 Å². The number of ether oxygens (including phenoxy) is 1. The first kappa shape index (κ1) is 22.9. The van der Waals surface area contributed by atoms with Gasteiger partial charge in [-0.2, -0.15) is 0 Å². The Balaban J connectivity index is 1.85. The van der Waals surface area contributed by atoms with E-state index < -0.39 is 17.5 Å². The SMILES string of the molecule is CCN1CCN(c2ccc(C(=O)NCCN(C)C(=O)OC(C)(C)C)cc2F)CC1. The van der Waals surface area contributed by atoms with Gasteiger partial charge in [-0.3, -0.25) is 4.79 Å². The molecule has 1 aromatic rings. The van der Waals surface area contributed by atoms with Gasteiger partial charge in [0.15, 0.2) is 0 Å². The van der Waals surface area contributed by atoms with Crippen molar-refractivity contribution in [2.75, 3.05) is 57.8 Å². The molecule has 29 heavy (non-hydrogen) atoms. The van der Waals surface area contributed by atoms with Gasteiger partial charge in [0.25, 0.3) is 5.91 Å². The van der Waals surface area contributed by atoms with Crippen LogP contribution in [-0.4, -0.2) is 80.3 Å². The molecule has 0 aromatic heterocycles. The zero-order valence-corrected chi connectivity index (χ0v) is 18.1. The molecule has 0 atom stereocenters. The number of hydrogen-bond acceptors (Lipinski definition) is 5. The smallest absolute Gasteiger partial charge is 0.410 e. The molecule has 0 bridgehead atoms. The molecule has 8 heteroatoms. The van der Waals surface area contributed by atoms with Gasteiger partial charge in [0.2, 0.25) is 0 Å². The fourth-order valence-corrected chi connectivity index (χ4v) is 3.08. The standard InChI is InChI=1S/C21H33FN4O3/c1-6-25-11-13-26(14-12-25)18-8-7-16(15-17(18)22)19(27)23-9-10-24(5)20(28)29-21(2,3)4/h7-8,15H,6,9-14H2,1-5H3,(H,23,27). The first-order chi connectivity index (χ1) is 13.6. The lowest BCUT2D eigenvalue weighted by Gasteiger charge is -2.35. The van der Waals surface area contributed by atoms with Gasteiger partial charge in [-0.15, -0.1) is 0 Å². The Morgan fingerprint density at radius 2 is 1.86 bits per heavy atom. The zero-order chi connectivity index (χ0) is 21.6. The van der Waals surface area contributed by atoms with Crippen LogP contribution < -0.4 is 10.2 Å². The summed E-state index contributed by atoms with van der Waals surface area (Å²) in [6.45, 7) is 12.4. The summed E-state index contributed by atoms with van der Waals surface area (Å²) >= 11 is 0. The van der Waals surface area contributed by atoms with Gasteiger partial charge in [-0.1, -0.05) is 6.92 Å². The molecule has 1 N–H and O–H groups in total. The van der Waals surface area contributed by atoms with E-state index in [-0.39, 0.29) is 18.0 Å². The van der Waals surface area contributed by atoms with Gasteiger partial charge in [-0.05, 0) is 45.5 Å². The Morgan fingerprint density at radius 3 is 2.41 bits per heavy atom. The molecule has 162 valence electrons. The number of carbonyl (C=O) groups is 2. The number of halogens is 1. The lowest BCUT2D eigenvalue weighted by atomic mass is 10.1. The largest absolute Gasteiger partial charge is 0.444 e. The molecule has 1 fully saturated rings. The van der Waals surface area contributed by atoms with Crippen LogP contribution in [0.3, 0.4) is 0 Å². The van der Waals surface area contributed by atoms with E-state index >= 15 is 0 Å². The second-order valence-electron chi connectivity index (χ2n) is 8.25. The summed E-state index contributed by atoms with van der Waals surface area (Å²) in [7, 11) is 1.60. The van der Waals surface area contributed by atoms with Crippen LogP contribution in [0.2, 0.25) is 0 Å². The minimum atomic E-state index is -0.572. The van der Waals surface area contributed by atoms with Crippen LogP contribution in [0.5, 0.6) is 0 Å². The summed E-state index contributed by atoms with van der Waals surface area (Å²) in [6.07, 6.45) is -0.453. The van der Waals surface area contributed by atoms with Crippen LogP contribution in [-0.2, 0) is 4.74 Å². The number of piperazine rings is 1. The topological polar surface area (TPSA) is 65.1 Å². The Bertz CT molecular complexity index is 712. The monoisotopic (exact) mass is 408 g/mol. The second-order valence-corrected chi connectivity index (χ2v) is 8.25. The Morgan fingerprint density at radius 1 is 1.21 bits per heavy atom. The molecule has 7 nitrogen and oxygen atoms in total. The van der Waals surface area contributed by atoms with Crippen LogP contribution in [0.1, 0.15) is 38.1 Å². The summed E-state index contributed by atoms with van der Waals surface area (Å²) in [5, 5.41) is 2.71. The minimum absolute atomic E-state index is 0.247. The van der Waals surface area contributed by atoms with Gasteiger partial charge in [0, 0.05) is 51.9 Å². The quantitative estimate of drug-likeness (QED) is 0.784. The maximum absolute atomic E-state index is 14.6. The highest BCUT2D eigenvalue weighted by Gasteiger charge is 2.21. The number of amides is 2. The van der Waals surface area contributed by atoms with E-state index in [1.165, 1.54) is 11.0 Å². The van der Waals surface area contributed by atoms with Crippen molar-refractivity contribution in [3.05, 3.63) is 29.6 Å². The van der Waals surface area contributed by atoms with Crippen molar-refractivity contribution in [1.82, 2.24) is 15.1 Å². The maximum Gasteiger partial charge on any atom is 0.410 e. The number of benzene rings is 1. The lowest BCUT2D eigenvalue weighted by molar-refractivity contribution is 0.0299. The minimum Gasteiger partial charge on any atom is -0.444 e. The molecule has 0 spiro atoms. The van der Waals surface area contributed by atoms with E-state index in [0.29, 0.717) is 12.2 Å². The number of nitrogens with zero attached hydrogens (tertiary/aromatic N) is 3. The highest BCUT2D eigenvalue weighted by atomic mass is 19.1.